The van der Waals surface area contributed by atoms with Gasteiger partial charge in [-0.2, -0.15) is 4.98 Å². The monoisotopic (exact) mass is 231 g/mol. The second-order valence-electron chi connectivity index (χ2n) is 3.26. The van der Waals surface area contributed by atoms with Gasteiger partial charge < -0.3 is 15.2 Å². The number of nitrogens with zero attached hydrogens (tertiary/aromatic N) is 2. The molecule has 2 rings (SSSR count). The molecule has 0 saturated carbocycles. The van der Waals surface area contributed by atoms with Crippen LogP contribution in [-0.4, -0.2) is 16.6 Å². The zero-order chi connectivity index (χ0) is 12.1. The zero-order valence-corrected chi connectivity index (χ0v) is 9.46. The number of nitrogens with two attached hydrogens (primary N) is 1. The molecule has 17 heavy (non-hydrogen) atoms. The van der Waals surface area contributed by atoms with E-state index in [0.717, 1.165) is 5.75 Å². The molecule has 0 spiro atoms. The molecule has 0 aliphatic rings. The standard InChI is InChI=1S/C12H13N3O2/c1-2-16-9-4-3-5-10(8-9)17-11-6-7-14-12(13)15-11/h3-8H,2H2,1H3,(H2,13,14,15). The first-order valence-electron chi connectivity index (χ1n) is 5.27. The molecular weight excluding hydrogens is 218 g/mol. The van der Waals surface area contributed by atoms with Crippen molar-refractivity contribution in [3.05, 3.63) is 36.5 Å². The van der Waals surface area contributed by atoms with Crippen molar-refractivity contribution in [2.75, 3.05) is 12.3 Å². The first-order chi connectivity index (χ1) is 8.28. The van der Waals surface area contributed by atoms with Crippen LogP contribution in [0.4, 0.5) is 5.95 Å². The van der Waals surface area contributed by atoms with Gasteiger partial charge in [0.2, 0.25) is 11.8 Å². The zero-order valence-electron chi connectivity index (χ0n) is 9.46. The fraction of sp³-hybridized carbons (Fsp3) is 0.167. The lowest BCUT2D eigenvalue weighted by molar-refractivity contribution is 0.338. The largest absolute Gasteiger partial charge is 0.494 e. The summed E-state index contributed by atoms with van der Waals surface area (Å²) in [5.41, 5.74) is 5.46. The van der Waals surface area contributed by atoms with Crippen LogP contribution in [0.15, 0.2) is 36.5 Å². The van der Waals surface area contributed by atoms with Gasteiger partial charge in [0.05, 0.1) is 6.61 Å². The predicted octanol–water partition coefficient (Wildman–Crippen LogP) is 2.25. The number of rotatable bonds is 4. The molecule has 0 bridgehead atoms. The van der Waals surface area contributed by atoms with E-state index in [1.807, 2.05) is 25.1 Å². The molecule has 0 saturated heterocycles. The van der Waals surface area contributed by atoms with Gasteiger partial charge in [-0.3, -0.25) is 0 Å². The van der Waals surface area contributed by atoms with E-state index in [1.165, 1.54) is 0 Å². The summed E-state index contributed by atoms with van der Waals surface area (Å²) in [5.74, 6) is 2.00. The topological polar surface area (TPSA) is 70.3 Å². The smallest absolute Gasteiger partial charge is 0.224 e. The Morgan fingerprint density at radius 1 is 1.24 bits per heavy atom. The molecule has 2 aromatic rings. The van der Waals surface area contributed by atoms with Crippen molar-refractivity contribution >= 4 is 5.95 Å². The molecule has 1 aromatic heterocycles. The Hall–Kier alpha value is -2.30. The summed E-state index contributed by atoms with van der Waals surface area (Å²) in [6, 6.07) is 8.97. The number of hydrogen-bond donors (Lipinski definition) is 1. The summed E-state index contributed by atoms with van der Waals surface area (Å²) in [6.45, 7) is 2.54. The van der Waals surface area contributed by atoms with Gasteiger partial charge in [0.1, 0.15) is 11.5 Å². The normalized spacial score (nSPS) is 9.94. The van der Waals surface area contributed by atoms with Crippen LogP contribution in [0.3, 0.4) is 0 Å². The number of nitrogen functional groups attached to an aromatic ring is 1. The number of hydrogen-bond acceptors (Lipinski definition) is 5. The molecule has 0 radical (unpaired) electrons. The molecule has 5 heteroatoms. The summed E-state index contributed by atoms with van der Waals surface area (Å²) in [6.07, 6.45) is 1.55. The Balaban J connectivity index is 2.15. The number of ether oxygens (including phenoxy) is 2. The summed E-state index contributed by atoms with van der Waals surface area (Å²) in [7, 11) is 0. The lowest BCUT2D eigenvalue weighted by Gasteiger charge is -2.07. The fourth-order valence-corrected chi connectivity index (χ4v) is 1.33. The van der Waals surface area contributed by atoms with Crippen molar-refractivity contribution in [2.45, 2.75) is 6.92 Å². The molecule has 1 heterocycles. The second kappa shape index (κ2) is 5.16. The van der Waals surface area contributed by atoms with Crippen molar-refractivity contribution in [1.82, 2.24) is 9.97 Å². The molecule has 0 atom stereocenters. The highest BCUT2D eigenvalue weighted by atomic mass is 16.5. The Bertz CT molecular complexity index is 503. The molecule has 5 nitrogen and oxygen atoms in total. The SMILES string of the molecule is CCOc1cccc(Oc2ccnc(N)n2)c1. The van der Waals surface area contributed by atoms with E-state index in [4.69, 9.17) is 15.2 Å². The summed E-state index contributed by atoms with van der Waals surface area (Å²) < 4.78 is 10.9. The van der Waals surface area contributed by atoms with Crippen molar-refractivity contribution < 1.29 is 9.47 Å². The maximum absolute atomic E-state index is 5.54. The highest BCUT2D eigenvalue weighted by Crippen LogP contribution is 2.23. The predicted molar refractivity (Wildman–Crippen MR) is 64.1 cm³/mol. The molecule has 1 aromatic carbocycles. The summed E-state index contributed by atoms with van der Waals surface area (Å²) in [4.78, 5) is 7.74. The van der Waals surface area contributed by atoms with Crippen molar-refractivity contribution in [2.24, 2.45) is 0 Å². The lowest BCUT2D eigenvalue weighted by atomic mass is 10.3. The number of anilines is 1. The average molecular weight is 231 g/mol. The number of aromatic nitrogens is 2. The van der Waals surface area contributed by atoms with Crippen molar-refractivity contribution in [3.8, 4) is 17.4 Å². The van der Waals surface area contributed by atoms with Crippen LogP contribution in [0.2, 0.25) is 0 Å². The van der Waals surface area contributed by atoms with Crippen LogP contribution >= 0.6 is 0 Å². The minimum Gasteiger partial charge on any atom is -0.494 e. The van der Waals surface area contributed by atoms with E-state index in [0.29, 0.717) is 18.2 Å². The Kier molecular flexibility index (Phi) is 3.40. The van der Waals surface area contributed by atoms with Crippen LogP contribution in [0.1, 0.15) is 6.92 Å². The van der Waals surface area contributed by atoms with E-state index >= 15 is 0 Å². The molecule has 0 aliphatic carbocycles. The Morgan fingerprint density at radius 2 is 2.06 bits per heavy atom. The van der Waals surface area contributed by atoms with Crippen LogP contribution in [0.5, 0.6) is 17.4 Å². The third-order valence-electron chi connectivity index (χ3n) is 1.99. The molecule has 0 amide bonds. The van der Waals surface area contributed by atoms with Gasteiger partial charge >= 0.3 is 0 Å². The minimum atomic E-state index is 0.184. The fourth-order valence-electron chi connectivity index (χ4n) is 1.33. The molecule has 88 valence electrons. The average Bonchev–Trinajstić information content (AvgIpc) is 2.30. The van der Waals surface area contributed by atoms with E-state index < -0.39 is 0 Å². The van der Waals surface area contributed by atoms with Gasteiger partial charge in [0, 0.05) is 18.3 Å². The molecule has 2 N–H and O–H groups in total. The van der Waals surface area contributed by atoms with E-state index in [-0.39, 0.29) is 5.95 Å². The van der Waals surface area contributed by atoms with Gasteiger partial charge in [0.15, 0.2) is 0 Å². The van der Waals surface area contributed by atoms with Gasteiger partial charge in [0.25, 0.3) is 0 Å². The van der Waals surface area contributed by atoms with Crippen LogP contribution in [0, 0.1) is 0 Å². The van der Waals surface area contributed by atoms with Crippen molar-refractivity contribution in [1.29, 1.82) is 0 Å². The van der Waals surface area contributed by atoms with Gasteiger partial charge in [-0.25, -0.2) is 4.98 Å². The number of benzene rings is 1. The minimum absolute atomic E-state index is 0.184. The van der Waals surface area contributed by atoms with Crippen LogP contribution < -0.4 is 15.2 Å². The van der Waals surface area contributed by atoms with E-state index in [1.54, 1.807) is 18.3 Å². The van der Waals surface area contributed by atoms with Gasteiger partial charge in [-0.15, -0.1) is 0 Å². The third-order valence-corrected chi connectivity index (χ3v) is 1.99. The first-order valence-corrected chi connectivity index (χ1v) is 5.27. The quantitative estimate of drug-likeness (QED) is 0.873. The van der Waals surface area contributed by atoms with Gasteiger partial charge in [-0.05, 0) is 19.1 Å². The lowest BCUT2D eigenvalue weighted by Crippen LogP contribution is -1.96. The Morgan fingerprint density at radius 3 is 2.82 bits per heavy atom. The Labute approximate surface area is 99.2 Å². The summed E-state index contributed by atoms with van der Waals surface area (Å²) >= 11 is 0. The van der Waals surface area contributed by atoms with E-state index in [9.17, 15) is 0 Å². The molecule has 0 fully saturated rings. The van der Waals surface area contributed by atoms with Crippen molar-refractivity contribution in [3.63, 3.8) is 0 Å². The third kappa shape index (κ3) is 3.07. The highest BCUT2D eigenvalue weighted by molar-refractivity contribution is 5.35. The first kappa shape index (κ1) is 11.2. The van der Waals surface area contributed by atoms with Crippen LogP contribution in [-0.2, 0) is 0 Å². The summed E-state index contributed by atoms with van der Waals surface area (Å²) in [5, 5.41) is 0. The molecular formula is C12H13N3O2. The van der Waals surface area contributed by atoms with E-state index in [2.05, 4.69) is 9.97 Å². The molecule has 0 aliphatic heterocycles. The maximum Gasteiger partial charge on any atom is 0.224 e. The molecule has 0 unspecified atom stereocenters. The van der Waals surface area contributed by atoms with Gasteiger partial charge in [-0.1, -0.05) is 6.07 Å². The van der Waals surface area contributed by atoms with Crippen LogP contribution in [0.25, 0.3) is 0 Å². The maximum atomic E-state index is 5.54. The highest BCUT2D eigenvalue weighted by Gasteiger charge is 2.01. The second-order valence-corrected chi connectivity index (χ2v) is 3.26.